The third-order valence-corrected chi connectivity index (χ3v) is 4.60. The van der Waals surface area contributed by atoms with E-state index in [1.807, 2.05) is 0 Å². The van der Waals surface area contributed by atoms with Gasteiger partial charge >= 0.3 is 8.25 Å². The average molecular weight is 334 g/mol. The molecule has 0 amide bonds. The van der Waals surface area contributed by atoms with Crippen LogP contribution >= 0.6 is 8.25 Å². The fraction of sp³-hybridized carbons (Fsp3) is 0.875. The van der Waals surface area contributed by atoms with Gasteiger partial charge in [-0.15, -0.1) is 0 Å². The molecule has 0 saturated heterocycles. The molecule has 6 heteroatoms. The molecule has 0 N–H and O–H groups in total. The van der Waals surface area contributed by atoms with Crippen LogP contribution < -0.4 is 0 Å². The number of hydrogen-bond donors (Lipinski definition) is 0. The van der Waals surface area contributed by atoms with Crippen LogP contribution in [0.3, 0.4) is 0 Å². The first-order chi connectivity index (χ1) is 10.4. The lowest BCUT2D eigenvalue weighted by Gasteiger charge is -2.15. The third kappa shape index (κ3) is 10.3. The molecule has 0 radical (unpaired) electrons. The van der Waals surface area contributed by atoms with Crippen LogP contribution in [0, 0.1) is 0 Å². The number of ketones is 2. The van der Waals surface area contributed by atoms with Crippen LogP contribution in [0.4, 0.5) is 0 Å². The average Bonchev–Trinajstić information content (AvgIpc) is 2.47. The monoisotopic (exact) mass is 334 g/mol. The van der Waals surface area contributed by atoms with Crippen LogP contribution in [-0.4, -0.2) is 23.8 Å². The van der Waals surface area contributed by atoms with Crippen LogP contribution in [0.15, 0.2) is 0 Å². The van der Waals surface area contributed by atoms with Crippen molar-refractivity contribution in [2.45, 2.75) is 91.3 Å². The van der Waals surface area contributed by atoms with Crippen molar-refractivity contribution < 1.29 is 23.2 Å². The Balaban J connectivity index is 4.04. The van der Waals surface area contributed by atoms with Gasteiger partial charge in [0.2, 0.25) is 0 Å². The predicted molar refractivity (Wildman–Crippen MR) is 88.4 cm³/mol. The molecule has 0 heterocycles. The van der Waals surface area contributed by atoms with E-state index in [4.69, 9.17) is 9.05 Å². The van der Waals surface area contributed by atoms with E-state index in [0.29, 0.717) is 12.8 Å². The summed E-state index contributed by atoms with van der Waals surface area (Å²) in [5.41, 5.74) is 0. The van der Waals surface area contributed by atoms with Gasteiger partial charge in [0.1, 0.15) is 12.2 Å². The molecule has 22 heavy (non-hydrogen) atoms. The second-order valence-corrected chi connectivity index (χ2v) is 6.59. The van der Waals surface area contributed by atoms with Crippen LogP contribution in [0.2, 0.25) is 0 Å². The molecule has 0 aromatic heterocycles. The van der Waals surface area contributed by atoms with Crippen molar-refractivity contribution >= 4 is 19.8 Å². The van der Waals surface area contributed by atoms with E-state index in [1.165, 1.54) is 0 Å². The summed E-state index contributed by atoms with van der Waals surface area (Å²) in [7, 11) is -2.83. The molecule has 130 valence electrons. The van der Waals surface area contributed by atoms with E-state index < -0.39 is 20.5 Å². The Kier molecular flexibility index (Phi) is 12.7. The van der Waals surface area contributed by atoms with Crippen LogP contribution in [0.25, 0.3) is 0 Å². The number of unbranched alkanes of at least 4 members (excludes halogenated alkanes) is 4. The van der Waals surface area contributed by atoms with Crippen molar-refractivity contribution in [2.75, 3.05) is 0 Å². The van der Waals surface area contributed by atoms with Gasteiger partial charge in [0.25, 0.3) is 0 Å². The smallest absolute Gasteiger partial charge is 0.300 e. The van der Waals surface area contributed by atoms with Crippen molar-refractivity contribution in [3.05, 3.63) is 0 Å². The standard InChI is InChI=1S/C16H31O5P/c1-5-7-9-11-15(17)13(3)20-22(19)21-14(4)16(18)12-10-8-6-2/h13-14,22H,5-12H2,1-4H3/t13-,14-/m0/s1. The highest BCUT2D eigenvalue weighted by atomic mass is 31.1. The summed E-state index contributed by atoms with van der Waals surface area (Å²) in [5.74, 6) is -0.144. The summed E-state index contributed by atoms with van der Waals surface area (Å²) in [6.07, 6.45) is 5.07. The number of Topliss-reactive ketones (excluding diaryl/α,β-unsaturated/α-hetero) is 2. The SMILES string of the molecule is CCCCCC(=O)[C@H](C)O[PH](=O)O[C@@H](C)C(=O)CCCCC. The van der Waals surface area contributed by atoms with Crippen molar-refractivity contribution in [3.63, 3.8) is 0 Å². The molecule has 2 atom stereocenters. The van der Waals surface area contributed by atoms with Crippen LogP contribution in [0.1, 0.15) is 79.1 Å². The quantitative estimate of drug-likeness (QED) is 0.346. The maximum Gasteiger partial charge on any atom is 0.320 e. The molecule has 0 unspecified atom stereocenters. The number of carbonyl (C=O) groups is 2. The Morgan fingerprint density at radius 1 is 0.818 bits per heavy atom. The summed E-state index contributed by atoms with van der Waals surface area (Å²) >= 11 is 0. The van der Waals surface area contributed by atoms with Gasteiger partial charge in [-0.25, -0.2) is 0 Å². The van der Waals surface area contributed by atoms with E-state index >= 15 is 0 Å². The zero-order valence-electron chi connectivity index (χ0n) is 14.4. The Bertz CT molecular complexity index is 324. The normalized spacial score (nSPS) is 14.0. The first-order valence-corrected chi connectivity index (χ1v) is 9.57. The summed E-state index contributed by atoms with van der Waals surface area (Å²) in [6, 6.07) is 0. The summed E-state index contributed by atoms with van der Waals surface area (Å²) in [5, 5.41) is 0. The molecule has 0 rings (SSSR count). The molecule has 0 aliphatic carbocycles. The molecule has 0 saturated carbocycles. The van der Waals surface area contributed by atoms with Gasteiger partial charge in [-0.05, 0) is 26.7 Å². The van der Waals surface area contributed by atoms with Gasteiger partial charge in [-0.2, -0.15) is 0 Å². The molecule has 5 nitrogen and oxygen atoms in total. The highest BCUT2D eigenvalue weighted by molar-refractivity contribution is 7.33. The van der Waals surface area contributed by atoms with Gasteiger partial charge in [0.05, 0.1) is 0 Å². The summed E-state index contributed by atoms with van der Waals surface area (Å²) < 4.78 is 22.0. The second kappa shape index (κ2) is 13.0. The van der Waals surface area contributed by atoms with Crippen molar-refractivity contribution in [2.24, 2.45) is 0 Å². The van der Waals surface area contributed by atoms with Gasteiger partial charge in [-0.1, -0.05) is 39.5 Å². The Morgan fingerprint density at radius 2 is 1.18 bits per heavy atom. The summed E-state index contributed by atoms with van der Waals surface area (Å²) in [4.78, 5) is 23.6. The van der Waals surface area contributed by atoms with Gasteiger partial charge < -0.3 is 0 Å². The number of carbonyl (C=O) groups excluding carboxylic acids is 2. The first kappa shape index (κ1) is 21.5. The van der Waals surface area contributed by atoms with Crippen molar-refractivity contribution in [3.8, 4) is 0 Å². The largest absolute Gasteiger partial charge is 0.320 e. The molecular weight excluding hydrogens is 303 g/mol. The van der Waals surface area contributed by atoms with Crippen LogP contribution in [-0.2, 0) is 23.2 Å². The maximum atomic E-state index is 11.8. The van der Waals surface area contributed by atoms with Crippen LogP contribution in [0.5, 0.6) is 0 Å². The minimum Gasteiger partial charge on any atom is -0.300 e. The topological polar surface area (TPSA) is 69.7 Å². The predicted octanol–water partition coefficient (Wildman–Crippen LogP) is 4.49. The minimum absolute atomic E-state index is 0.0719. The highest BCUT2D eigenvalue weighted by Crippen LogP contribution is 2.29. The van der Waals surface area contributed by atoms with E-state index in [-0.39, 0.29) is 11.6 Å². The molecule has 0 fully saturated rings. The molecular formula is C16H31O5P. The molecule has 0 bridgehead atoms. The highest BCUT2D eigenvalue weighted by Gasteiger charge is 2.20. The lowest BCUT2D eigenvalue weighted by atomic mass is 10.1. The Hall–Kier alpha value is -0.510. The Labute approximate surface area is 135 Å². The lowest BCUT2D eigenvalue weighted by Crippen LogP contribution is -2.21. The third-order valence-electron chi connectivity index (χ3n) is 3.51. The second-order valence-electron chi connectivity index (χ2n) is 5.62. The minimum atomic E-state index is -2.83. The van der Waals surface area contributed by atoms with Gasteiger partial charge in [0.15, 0.2) is 11.6 Å². The summed E-state index contributed by atoms with van der Waals surface area (Å²) in [6.45, 7) is 7.29. The molecule has 0 aromatic rings. The molecule has 0 aromatic carbocycles. The van der Waals surface area contributed by atoms with E-state index in [0.717, 1.165) is 38.5 Å². The molecule has 0 aliphatic rings. The maximum absolute atomic E-state index is 11.8. The van der Waals surface area contributed by atoms with E-state index in [2.05, 4.69) is 13.8 Å². The zero-order chi connectivity index (χ0) is 17.0. The Morgan fingerprint density at radius 3 is 1.50 bits per heavy atom. The van der Waals surface area contributed by atoms with E-state index in [9.17, 15) is 14.2 Å². The first-order valence-electron chi connectivity index (χ1n) is 8.35. The lowest BCUT2D eigenvalue weighted by molar-refractivity contribution is -0.126. The fourth-order valence-electron chi connectivity index (χ4n) is 1.95. The van der Waals surface area contributed by atoms with Crippen molar-refractivity contribution in [1.82, 2.24) is 0 Å². The van der Waals surface area contributed by atoms with Crippen molar-refractivity contribution in [1.29, 1.82) is 0 Å². The molecule has 0 spiro atoms. The van der Waals surface area contributed by atoms with E-state index in [1.54, 1.807) is 13.8 Å². The zero-order valence-corrected chi connectivity index (χ0v) is 15.4. The van der Waals surface area contributed by atoms with Gasteiger partial charge in [0, 0.05) is 12.8 Å². The molecule has 0 aliphatic heterocycles. The van der Waals surface area contributed by atoms with Gasteiger partial charge in [-0.3, -0.25) is 23.2 Å². The fourth-order valence-corrected chi connectivity index (χ4v) is 2.85. The number of rotatable bonds is 14. The number of hydrogen-bond acceptors (Lipinski definition) is 5.